The Morgan fingerprint density at radius 3 is 2.73 bits per heavy atom. The lowest BCUT2D eigenvalue weighted by atomic mass is 9.73. The molecule has 2 saturated heterocycles. The molecule has 2 aromatic carbocycles. The monoisotopic (exact) mass is 447 g/mol. The molecule has 5 nitrogen and oxygen atoms in total. The van der Waals surface area contributed by atoms with E-state index in [0.29, 0.717) is 6.42 Å². The molecule has 2 heterocycles. The second-order valence-corrected chi connectivity index (χ2v) is 10.2. The Morgan fingerprint density at radius 1 is 1.12 bits per heavy atom. The number of benzene rings is 2. The number of piperidine rings is 2. The Bertz CT molecular complexity index is 977. The number of likely N-dealkylation sites (tertiary alicyclic amines) is 1. The summed E-state index contributed by atoms with van der Waals surface area (Å²) in [5.74, 6) is 1.30. The molecule has 5 heteroatoms. The quantitative estimate of drug-likeness (QED) is 0.667. The van der Waals surface area contributed by atoms with Gasteiger partial charge in [-0.25, -0.2) is 0 Å². The number of hydrogen-bond acceptors (Lipinski definition) is 4. The fraction of sp³-hybridized carbons (Fsp3) is 0.536. The van der Waals surface area contributed by atoms with Gasteiger partial charge in [0.1, 0.15) is 5.75 Å². The summed E-state index contributed by atoms with van der Waals surface area (Å²) in [6.45, 7) is 5.41. The van der Waals surface area contributed by atoms with E-state index in [-0.39, 0.29) is 17.2 Å². The lowest BCUT2D eigenvalue weighted by Crippen LogP contribution is -2.38. The lowest BCUT2D eigenvalue weighted by molar-refractivity contribution is -0.116. The predicted octanol–water partition coefficient (Wildman–Crippen LogP) is 4.82. The van der Waals surface area contributed by atoms with E-state index in [9.17, 15) is 4.79 Å². The standard InChI is InChI=1S/C28H37N3O2/c1-33-24-8-9-25-22(19-28(26(25)18-24)10-12-29-13-11-28)17-27(32)30-23-7-5-6-21(16-23)20-31-14-3-2-4-15-31/h5-9,16,18,22,29H,2-4,10-15,17,19-20H2,1H3,(H,30,32). The number of anilines is 1. The number of rotatable bonds is 6. The zero-order chi connectivity index (χ0) is 22.7. The zero-order valence-electron chi connectivity index (χ0n) is 19.9. The van der Waals surface area contributed by atoms with E-state index in [1.54, 1.807) is 7.11 Å². The minimum Gasteiger partial charge on any atom is -0.497 e. The fourth-order valence-corrected chi connectivity index (χ4v) is 6.29. The number of methoxy groups -OCH3 is 1. The van der Waals surface area contributed by atoms with Gasteiger partial charge in [0.15, 0.2) is 0 Å². The first-order chi connectivity index (χ1) is 16.1. The fourth-order valence-electron chi connectivity index (χ4n) is 6.29. The van der Waals surface area contributed by atoms with Crippen molar-refractivity contribution in [3.8, 4) is 5.75 Å². The van der Waals surface area contributed by atoms with Crippen molar-refractivity contribution in [2.45, 2.75) is 62.8 Å². The van der Waals surface area contributed by atoms with Crippen molar-refractivity contribution >= 4 is 11.6 Å². The van der Waals surface area contributed by atoms with E-state index in [1.807, 2.05) is 12.1 Å². The van der Waals surface area contributed by atoms with Crippen molar-refractivity contribution in [1.82, 2.24) is 10.2 Å². The first-order valence-corrected chi connectivity index (χ1v) is 12.7. The summed E-state index contributed by atoms with van der Waals surface area (Å²) >= 11 is 0. The van der Waals surface area contributed by atoms with Gasteiger partial charge in [-0.05, 0) is 111 Å². The Kier molecular flexibility index (Phi) is 6.70. The van der Waals surface area contributed by atoms with Crippen LogP contribution in [0.3, 0.4) is 0 Å². The van der Waals surface area contributed by atoms with Crippen LogP contribution in [0.15, 0.2) is 42.5 Å². The number of nitrogens with one attached hydrogen (secondary N) is 2. The third-order valence-corrected chi connectivity index (χ3v) is 7.97. The summed E-state index contributed by atoms with van der Waals surface area (Å²) in [7, 11) is 1.73. The van der Waals surface area contributed by atoms with Crippen LogP contribution >= 0.6 is 0 Å². The third-order valence-electron chi connectivity index (χ3n) is 7.97. The highest BCUT2D eigenvalue weighted by Crippen LogP contribution is 2.52. The molecule has 1 spiro atoms. The summed E-state index contributed by atoms with van der Waals surface area (Å²) in [6, 6.07) is 14.9. The molecule has 33 heavy (non-hydrogen) atoms. The summed E-state index contributed by atoms with van der Waals surface area (Å²) in [5.41, 5.74) is 5.12. The molecule has 2 N–H and O–H groups in total. The molecule has 1 atom stereocenters. The Balaban J connectivity index is 1.27. The highest BCUT2D eigenvalue weighted by molar-refractivity contribution is 5.91. The van der Waals surface area contributed by atoms with Gasteiger partial charge >= 0.3 is 0 Å². The Labute approximate surface area is 197 Å². The van der Waals surface area contributed by atoms with Gasteiger partial charge in [0.2, 0.25) is 5.91 Å². The number of ether oxygens (including phenoxy) is 1. The largest absolute Gasteiger partial charge is 0.497 e. The number of fused-ring (bicyclic) bond motifs is 2. The van der Waals surface area contributed by atoms with Crippen molar-refractivity contribution < 1.29 is 9.53 Å². The van der Waals surface area contributed by atoms with Gasteiger partial charge in [0.25, 0.3) is 0 Å². The van der Waals surface area contributed by atoms with Gasteiger partial charge in [-0.2, -0.15) is 0 Å². The van der Waals surface area contributed by atoms with Crippen LogP contribution in [0.5, 0.6) is 5.75 Å². The number of amides is 1. The highest BCUT2D eigenvalue weighted by Gasteiger charge is 2.44. The molecule has 176 valence electrons. The highest BCUT2D eigenvalue weighted by atomic mass is 16.5. The molecule has 0 aromatic heterocycles. The van der Waals surface area contributed by atoms with Crippen LogP contribution in [0, 0.1) is 0 Å². The van der Waals surface area contributed by atoms with Gasteiger partial charge in [0, 0.05) is 18.7 Å². The molecule has 1 aliphatic carbocycles. The van der Waals surface area contributed by atoms with E-state index in [4.69, 9.17) is 4.74 Å². The second kappa shape index (κ2) is 9.86. The molecule has 0 saturated carbocycles. The van der Waals surface area contributed by atoms with Gasteiger partial charge < -0.3 is 15.4 Å². The van der Waals surface area contributed by atoms with Crippen LogP contribution in [0.2, 0.25) is 0 Å². The van der Waals surface area contributed by atoms with E-state index in [0.717, 1.165) is 50.3 Å². The first kappa shape index (κ1) is 22.4. The van der Waals surface area contributed by atoms with Crippen LogP contribution in [0.1, 0.15) is 67.6 Å². The molecule has 1 unspecified atom stereocenters. The Hall–Kier alpha value is -2.37. The van der Waals surface area contributed by atoms with E-state index in [1.165, 1.54) is 49.0 Å². The average molecular weight is 448 g/mol. The van der Waals surface area contributed by atoms with Crippen LogP contribution < -0.4 is 15.4 Å². The van der Waals surface area contributed by atoms with Crippen molar-refractivity contribution in [3.63, 3.8) is 0 Å². The number of carbonyl (C=O) groups is 1. The maximum Gasteiger partial charge on any atom is 0.224 e. The molecule has 1 amide bonds. The summed E-state index contributed by atoms with van der Waals surface area (Å²) in [4.78, 5) is 15.6. The molecule has 3 aliphatic rings. The number of hydrogen-bond donors (Lipinski definition) is 2. The molecule has 2 aliphatic heterocycles. The topological polar surface area (TPSA) is 53.6 Å². The Morgan fingerprint density at radius 2 is 1.94 bits per heavy atom. The lowest BCUT2D eigenvalue weighted by Gasteiger charge is -2.35. The molecular formula is C28H37N3O2. The van der Waals surface area contributed by atoms with Crippen LogP contribution in [-0.2, 0) is 16.8 Å². The second-order valence-electron chi connectivity index (χ2n) is 10.2. The number of nitrogens with zero attached hydrogens (tertiary/aromatic N) is 1. The molecule has 2 fully saturated rings. The molecule has 0 radical (unpaired) electrons. The SMILES string of the molecule is COc1ccc2c(c1)C1(CCNCC1)CC2CC(=O)Nc1cccc(CN2CCCCC2)c1. The molecule has 2 aromatic rings. The minimum absolute atomic E-state index is 0.114. The van der Waals surface area contributed by atoms with E-state index < -0.39 is 0 Å². The smallest absolute Gasteiger partial charge is 0.224 e. The van der Waals surface area contributed by atoms with Crippen LogP contribution in [0.4, 0.5) is 5.69 Å². The first-order valence-electron chi connectivity index (χ1n) is 12.7. The number of carbonyl (C=O) groups excluding carboxylic acids is 1. The molecular weight excluding hydrogens is 410 g/mol. The average Bonchev–Trinajstić information content (AvgIpc) is 3.12. The third kappa shape index (κ3) is 4.95. The summed E-state index contributed by atoms with van der Waals surface area (Å²) < 4.78 is 5.54. The van der Waals surface area contributed by atoms with Crippen molar-refractivity contribution in [2.24, 2.45) is 0 Å². The van der Waals surface area contributed by atoms with Crippen molar-refractivity contribution in [3.05, 3.63) is 59.2 Å². The van der Waals surface area contributed by atoms with Gasteiger partial charge in [-0.3, -0.25) is 9.69 Å². The maximum absolute atomic E-state index is 13.1. The summed E-state index contributed by atoms with van der Waals surface area (Å²) in [5, 5.41) is 6.70. The normalized spacial score (nSPS) is 22.2. The summed E-state index contributed by atoms with van der Waals surface area (Å²) in [6.07, 6.45) is 7.78. The van der Waals surface area contributed by atoms with Gasteiger partial charge in [0.05, 0.1) is 7.11 Å². The van der Waals surface area contributed by atoms with Crippen molar-refractivity contribution in [2.75, 3.05) is 38.6 Å². The van der Waals surface area contributed by atoms with E-state index >= 15 is 0 Å². The van der Waals surface area contributed by atoms with Gasteiger partial charge in [-0.1, -0.05) is 24.6 Å². The minimum atomic E-state index is 0.114. The molecule has 5 rings (SSSR count). The van der Waals surface area contributed by atoms with Crippen LogP contribution in [-0.4, -0.2) is 44.1 Å². The zero-order valence-corrected chi connectivity index (χ0v) is 19.9. The molecule has 0 bridgehead atoms. The predicted molar refractivity (Wildman–Crippen MR) is 133 cm³/mol. The van der Waals surface area contributed by atoms with E-state index in [2.05, 4.69) is 45.9 Å². The van der Waals surface area contributed by atoms with Crippen LogP contribution in [0.25, 0.3) is 0 Å². The van der Waals surface area contributed by atoms with Gasteiger partial charge in [-0.15, -0.1) is 0 Å². The maximum atomic E-state index is 13.1. The van der Waals surface area contributed by atoms with Crippen molar-refractivity contribution in [1.29, 1.82) is 0 Å².